The first-order chi connectivity index (χ1) is 11.8. The van der Waals surface area contributed by atoms with Crippen molar-refractivity contribution in [3.8, 4) is 0 Å². The maximum Gasteiger partial charge on any atom is 0.336 e. The topological polar surface area (TPSA) is 105 Å². The number of hydrogen-bond acceptors (Lipinski definition) is 4. The number of nitrogens with two attached hydrogens (primary N) is 1. The van der Waals surface area contributed by atoms with E-state index in [1.165, 1.54) is 25.1 Å². The number of nitrogens with zero attached hydrogens (tertiary/aromatic N) is 1. The number of rotatable bonds is 4. The fourth-order valence-electron chi connectivity index (χ4n) is 1.94. The summed E-state index contributed by atoms with van der Waals surface area (Å²) in [5.41, 5.74) is 6.81. The van der Waals surface area contributed by atoms with Crippen LogP contribution in [0.15, 0.2) is 42.5 Å². The summed E-state index contributed by atoms with van der Waals surface area (Å²) in [6.07, 6.45) is 0. The normalized spacial score (nSPS) is 10.0. The van der Waals surface area contributed by atoms with Crippen molar-refractivity contribution in [3.05, 3.63) is 53.1 Å². The lowest BCUT2D eigenvalue weighted by atomic mass is 10.2. The van der Waals surface area contributed by atoms with Crippen molar-refractivity contribution in [1.82, 2.24) is 0 Å². The van der Waals surface area contributed by atoms with E-state index in [2.05, 4.69) is 23.4 Å². The predicted octanol–water partition coefficient (Wildman–Crippen LogP) is 3.28. The molecule has 0 unspecified atom stereocenters. The van der Waals surface area contributed by atoms with Crippen LogP contribution in [0.1, 0.15) is 17.3 Å². The Kier molecular flexibility index (Phi) is 5.89. The van der Waals surface area contributed by atoms with Crippen LogP contribution < -0.4 is 20.7 Å². The van der Waals surface area contributed by atoms with Gasteiger partial charge in [-0.3, -0.25) is 9.59 Å². The smallest absolute Gasteiger partial charge is 0.336 e. The van der Waals surface area contributed by atoms with E-state index < -0.39 is 11.9 Å². The lowest BCUT2D eigenvalue weighted by Crippen LogP contribution is -2.26. The summed E-state index contributed by atoms with van der Waals surface area (Å²) in [5.74, 6) is -0.810. The molecule has 0 aliphatic rings. The second-order valence-corrected chi connectivity index (χ2v) is 5.84. The first-order valence-corrected chi connectivity index (χ1v) is 7.82. The van der Waals surface area contributed by atoms with E-state index in [1.54, 1.807) is 24.3 Å². The number of benzene rings is 2. The molecule has 7 nitrogen and oxygen atoms in total. The average Bonchev–Trinajstić information content (AvgIpc) is 2.56. The SMILES string of the molecule is CC(=O)Nc1ccc(NC(=O)N(S)c2ccc(C(N)=O)cc2)cc1Cl. The molecule has 0 atom stereocenters. The molecule has 4 amide bonds. The minimum atomic E-state index is -0.560. The molecule has 25 heavy (non-hydrogen) atoms. The Hall–Kier alpha value is -2.71. The number of carbonyl (C=O) groups excluding carboxylic acids is 3. The number of urea groups is 1. The summed E-state index contributed by atoms with van der Waals surface area (Å²) in [7, 11) is 0. The zero-order valence-electron chi connectivity index (χ0n) is 13.1. The zero-order valence-corrected chi connectivity index (χ0v) is 14.8. The maximum atomic E-state index is 12.2. The highest BCUT2D eigenvalue weighted by molar-refractivity contribution is 7.82. The number of halogens is 1. The molecule has 0 heterocycles. The molecule has 2 aromatic carbocycles. The zero-order chi connectivity index (χ0) is 18.6. The van der Waals surface area contributed by atoms with Gasteiger partial charge in [0, 0.05) is 18.2 Å². The van der Waals surface area contributed by atoms with Gasteiger partial charge in [0.25, 0.3) is 0 Å². The molecule has 0 spiro atoms. The third-order valence-corrected chi connectivity index (χ3v) is 3.85. The molecule has 2 aromatic rings. The molecule has 0 aliphatic heterocycles. The number of thiol groups is 1. The van der Waals surface area contributed by atoms with Gasteiger partial charge in [-0.05, 0) is 42.5 Å². The van der Waals surface area contributed by atoms with Gasteiger partial charge in [0.05, 0.1) is 16.4 Å². The highest BCUT2D eigenvalue weighted by Gasteiger charge is 2.14. The highest BCUT2D eigenvalue weighted by Crippen LogP contribution is 2.26. The standard InChI is InChI=1S/C16H15ClN4O3S/c1-9(22)19-14-7-4-11(8-13(14)17)20-16(24)21(25)12-5-2-10(3-6-12)15(18)23/h2-8,25H,1H3,(H2,18,23)(H,19,22)(H,20,24). The highest BCUT2D eigenvalue weighted by atomic mass is 35.5. The molecule has 0 saturated heterocycles. The monoisotopic (exact) mass is 378 g/mol. The number of nitrogens with one attached hydrogen (secondary N) is 2. The van der Waals surface area contributed by atoms with Crippen LogP contribution in [0.3, 0.4) is 0 Å². The minimum Gasteiger partial charge on any atom is -0.366 e. The third-order valence-electron chi connectivity index (χ3n) is 3.12. The molecule has 0 aromatic heterocycles. The summed E-state index contributed by atoms with van der Waals surface area (Å²) in [4.78, 5) is 34.3. The van der Waals surface area contributed by atoms with Crippen LogP contribution in [-0.2, 0) is 4.79 Å². The Bertz CT molecular complexity index is 827. The summed E-state index contributed by atoms with van der Waals surface area (Å²) >= 11 is 10.2. The van der Waals surface area contributed by atoms with Gasteiger partial charge in [-0.15, -0.1) is 0 Å². The fourth-order valence-corrected chi connectivity index (χ4v) is 2.36. The van der Waals surface area contributed by atoms with Gasteiger partial charge in [-0.1, -0.05) is 24.4 Å². The van der Waals surface area contributed by atoms with Crippen LogP contribution in [0, 0.1) is 0 Å². The molecule has 0 bridgehead atoms. The Morgan fingerprint density at radius 3 is 2.24 bits per heavy atom. The quantitative estimate of drug-likeness (QED) is 0.613. The molecular formula is C16H15ClN4O3S. The molecule has 9 heteroatoms. The number of amides is 4. The Labute approximate surface area is 154 Å². The van der Waals surface area contributed by atoms with Gasteiger partial charge >= 0.3 is 6.03 Å². The summed E-state index contributed by atoms with van der Waals surface area (Å²) in [5, 5.41) is 5.47. The van der Waals surface area contributed by atoms with E-state index >= 15 is 0 Å². The Morgan fingerprint density at radius 2 is 1.72 bits per heavy atom. The Morgan fingerprint density at radius 1 is 1.08 bits per heavy atom. The van der Waals surface area contributed by atoms with Crippen LogP contribution in [0.4, 0.5) is 21.9 Å². The largest absolute Gasteiger partial charge is 0.366 e. The van der Waals surface area contributed by atoms with Crippen LogP contribution >= 0.6 is 24.4 Å². The average molecular weight is 379 g/mol. The summed E-state index contributed by atoms with van der Waals surface area (Å²) < 4.78 is 1.07. The van der Waals surface area contributed by atoms with E-state index in [0.29, 0.717) is 22.6 Å². The fraction of sp³-hybridized carbons (Fsp3) is 0.0625. The number of hydrogen-bond donors (Lipinski definition) is 4. The van der Waals surface area contributed by atoms with Gasteiger partial charge in [0.1, 0.15) is 0 Å². The number of carbonyl (C=O) groups is 3. The molecular weight excluding hydrogens is 364 g/mol. The minimum absolute atomic E-state index is 0.250. The number of primary amides is 1. The van der Waals surface area contributed by atoms with Crippen molar-refractivity contribution in [3.63, 3.8) is 0 Å². The van der Waals surface area contributed by atoms with Crippen molar-refractivity contribution in [2.75, 3.05) is 14.9 Å². The van der Waals surface area contributed by atoms with E-state index in [9.17, 15) is 14.4 Å². The van der Waals surface area contributed by atoms with Crippen LogP contribution in [0.2, 0.25) is 5.02 Å². The van der Waals surface area contributed by atoms with E-state index in [1.807, 2.05) is 0 Å². The third kappa shape index (κ3) is 4.88. The summed E-state index contributed by atoms with van der Waals surface area (Å²) in [6.45, 7) is 1.37. The van der Waals surface area contributed by atoms with Gasteiger partial charge in [0.2, 0.25) is 11.8 Å². The molecule has 130 valence electrons. The number of anilines is 3. The van der Waals surface area contributed by atoms with E-state index in [-0.39, 0.29) is 10.9 Å². The summed E-state index contributed by atoms with van der Waals surface area (Å²) in [6, 6.07) is 10.2. The van der Waals surface area contributed by atoms with Crippen LogP contribution in [0.5, 0.6) is 0 Å². The van der Waals surface area contributed by atoms with Crippen molar-refractivity contribution < 1.29 is 14.4 Å². The van der Waals surface area contributed by atoms with Crippen molar-refractivity contribution in [1.29, 1.82) is 0 Å². The van der Waals surface area contributed by atoms with E-state index in [4.69, 9.17) is 17.3 Å². The lowest BCUT2D eigenvalue weighted by molar-refractivity contribution is -0.114. The van der Waals surface area contributed by atoms with Crippen LogP contribution in [-0.4, -0.2) is 17.8 Å². The lowest BCUT2D eigenvalue weighted by Gasteiger charge is -2.17. The van der Waals surface area contributed by atoms with E-state index in [0.717, 1.165) is 4.31 Å². The molecule has 0 aliphatic carbocycles. The van der Waals surface area contributed by atoms with Crippen molar-refractivity contribution >= 4 is 59.3 Å². The second kappa shape index (κ2) is 7.91. The molecule has 4 N–H and O–H groups in total. The van der Waals surface area contributed by atoms with Gasteiger partial charge in [-0.25, -0.2) is 9.10 Å². The molecule has 0 fully saturated rings. The molecule has 2 rings (SSSR count). The Balaban J connectivity index is 2.09. The van der Waals surface area contributed by atoms with Crippen molar-refractivity contribution in [2.24, 2.45) is 5.73 Å². The van der Waals surface area contributed by atoms with Gasteiger partial charge in [0.15, 0.2) is 0 Å². The second-order valence-electron chi connectivity index (χ2n) is 5.03. The molecule has 0 radical (unpaired) electrons. The van der Waals surface area contributed by atoms with Gasteiger partial charge in [-0.2, -0.15) is 0 Å². The van der Waals surface area contributed by atoms with Gasteiger partial charge < -0.3 is 16.4 Å². The van der Waals surface area contributed by atoms with Crippen molar-refractivity contribution in [2.45, 2.75) is 6.92 Å². The first-order valence-electron chi connectivity index (χ1n) is 7.05. The predicted molar refractivity (Wildman–Crippen MR) is 101 cm³/mol. The first kappa shape index (κ1) is 18.6. The maximum absolute atomic E-state index is 12.2. The molecule has 0 saturated carbocycles. The van der Waals surface area contributed by atoms with Crippen LogP contribution in [0.25, 0.3) is 0 Å².